The number of aromatic nitrogens is 1. The Kier molecular flexibility index (Phi) is 5.99. The Morgan fingerprint density at radius 3 is 2.60 bits per heavy atom. The van der Waals surface area contributed by atoms with Crippen LogP contribution in [-0.4, -0.2) is 29.5 Å². The number of pyridine rings is 1. The standard InChI is InChI=1S/C17H29N3/c1-4-18-11-15-5-6-17(19-12-15)13-20-9-7-16(8-10-20)14(2)3/h5-6,12,14,16,18H,4,7-11,13H2,1-3H3. The summed E-state index contributed by atoms with van der Waals surface area (Å²) >= 11 is 0. The summed E-state index contributed by atoms with van der Waals surface area (Å²) in [6, 6.07) is 4.38. The van der Waals surface area contributed by atoms with Crippen molar-refractivity contribution in [3.05, 3.63) is 29.6 Å². The molecular formula is C17H29N3. The third-order valence-electron chi connectivity index (χ3n) is 4.43. The van der Waals surface area contributed by atoms with Gasteiger partial charge in [0, 0.05) is 19.3 Å². The molecule has 0 unspecified atom stereocenters. The second-order valence-corrected chi connectivity index (χ2v) is 6.30. The molecule has 2 rings (SSSR count). The molecule has 1 N–H and O–H groups in total. The normalized spacial score (nSPS) is 17.8. The number of nitrogens with zero attached hydrogens (tertiary/aromatic N) is 2. The molecule has 1 aliphatic heterocycles. The van der Waals surface area contributed by atoms with E-state index < -0.39 is 0 Å². The molecule has 1 aromatic rings. The van der Waals surface area contributed by atoms with E-state index in [1.54, 1.807) is 0 Å². The zero-order valence-corrected chi connectivity index (χ0v) is 13.2. The van der Waals surface area contributed by atoms with Gasteiger partial charge in [0.05, 0.1) is 5.69 Å². The average Bonchev–Trinajstić information content (AvgIpc) is 2.47. The highest BCUT2D eigenvalue weighted by Gasteiger charge is 2.21. The molecule has 20 heavy (non-hydrogen) atoms. The molecular weight excluding hydrogens is 246 g/mol. The molecule has 0 spiro atoms. The zero-order valence-electron chi connectivity index (χ0n) is 13.2. The monoisotopic (exact) mass is 275 g/mol. The Morgan fingerprint density at radius 2 is 2.05 bits per heavy atom. The molecule has 3 heteroatoms. The Hall–Kier alpha value is -0.930. The van der Waals surface area contributed by atoms with Crippen molar-refractivity contribution >= 4 is 0 Å². The van der Waals surface area contributed by atoms with Crippen LogP contribution in [0.4, 0.5) is 0 Å². The fourth-order valence-corrected chi connectivity index (χ4v) is 2.93. The van der Waals surface area contributed by atoms with E-state index in [1.807, 2.05) is 6.20 Å². The zero-order chi connectivity index (χ0) is 14.4. The first-order valence-corrected chi connectivity index (χ1v) is 8.06. The molecule has 0 saturated carbocycles. The lowest BCUT2D eigenvalue weighted by Crippen LogP contribution is -2.34. The Labute approximate surface area is 123 Å². The van der Waals surface area contributed by atoms with E-state index in [-0.39, 0.29) is 0 Å². The summed E-state index contributed by atoms with van der Waals surface area (Å²) in [6.45, 7) is 12.2. The average molecular weight is 275 g/mol. The topological polar surface area (TPSA) is 28.2 Å². The molecule has 0 aromatic carbocycles. The van der Waals surface area contributed by atoms with Crippen LogP contribution in [0, 0.1) is 11.8 Å². The van der Waals surface area contributed by atoms with Gasteiger partial charge in [0.25, 0.3) is 0 Å². The lowest BCUT2D eigenvalue weighted by atomic mass is 9.87. The van der Waals surface area contributed by atoms with Gasteiger partial charge in [-0.2, -0.15) is 0 Å². The third kappa shape index (κ3) is 4.57. The minimum atomic E-state index is 0.834. The lowest BCUT2D eigenvalue weighted by molar-refractivity contribution is 0.150. The third-order valence-corrected chi connectivity index (χ3v) is 4.43. The first kappa shape index (κ1) is 15.5. The summed E-state index contributed by atoms with van der Waals surface area (Å²) in [5.74, 6) is 1.75. The van der Waals surface area contributed by atoms with E-state index >= 15 is 0 Å². The molecule has 1 saturated heterocycles. The number of likely N-dealkylation sites (tertiary alicyclic amines) is 1. The number of hydrogen-bond donors (Lipinski definition) is 1. The van der Waals surface area contributed by atoms with Gasteiger partial charge >= 0.3 is 0 Å². The molecule has 0 bridgehead atoms. The van der Waals surface area contributed by atoms with Crippen LogP contribution >= 0.6 is 0 Å². The largest absolute Gasteiger partial charge is 0.313 e. The molecule has 0 radical (unpaired) electrons. The van der Waals surface area contributed by atoms with Crippen molar-refractivity contribution in [1.82, 2.24) is 15.2 Å². The molecule has 2 heterocycles. The van der Waals surface area contributed by atoms with Crippen molar-refractivity contribution in [2.24, 2.45) is 11.8 Å². The van der Waals surface area contributed by atoms with Crippen LogP contribution in [0.5, 0.6) is 0 Å². The van der Waals surface area contributed by atoms with Crippen LogP contribution in [0.15, 0.2) is 18.3 Å². The van der Waals surface area contributed by atoms with Crippen molar-refractivity contribution in [3.8, 4) is 0 Å². The van der Waals surface area contributed by atoms with Gasteiger partial charge in [-0.05, 0) is 55.9 Å². The van der Waals surface area contributed by atoms with Gasteiger partial charge in [-0.1, -0.05) is 26.8 Å². The molecule has 1 fully saturated rings. The van der Waals surface area contributed by atoms with E-state index in [1.165, 1.54) is 37.2 Å². The van der Waals surface area contributed by atoms with Crippen LogP contribution in [0.2, 0.25) is 0 Å². The summed E-state index contributed by atoms with van der Waals surface area (Å²) < 4.78 is 0. The highest BCUT2D eigenvalue weighted by molar-refractivity contribution is 5.14. The molecule has 1 aliphatic rings. The SMILES string of the molecule is CCNCc1ccc(CN2CCC(C(C)C)CC2)nc1. The second kappa shape index (κ2) is 7.75. The highest BCUT2D eigenvalue weighted by atomic mass is 15.1. The molecule has 0 aliphatic carbocycles. The maximum Gasteiger partial charge on any atom is 0.0544 e. The van der Waals surface area contributed by atoms with Gasteiger partial charge in [-0.3, -0.25) is 9.88 Å². The summed E-state index contributed by atoms with van der Waals surface area (Å²) in [5, 5.41) is 3.33. The minimum absolute atomic E-state index is 0.834. The van der Waals surface area contributed by atoms with Crippen molar-refractivity contribution in [2.45, 2.75) is 46.7 Å². The van der Waals surface area contributed by atoms with Crippen molar-refractivity contribution in [1.29, 1.82) is 0 Å². The van der Waals surface area contributed by atoms with Gasteiger partial charge in [0.1, 0.15) is 0 Å². The van der Waals surface area contributed by atoms with E-state index in [4.69, 9.17) is 0 Å². The maximum absolute atomic E-state index is 4.60. The Morgan fingerprint density at radius 1 is 1.30 bits per heavy atom. The van der Waals surface area contributed by atoms with Crippen LogP contribution in [0.1, 0.15) is 44.9 Å². The maximum atomic E-state index is 4.60. The van der Waals surface area contributed by atoms with E-state index in [0.717, 1.165) is 31.5 Å². The highest BCUT2D eigenvalue weighted by Crippen LogP contribution is 2.25. The predicted octanol–water partition coefficient (Wildman–Crippen LogP) is 3.06. The molecule has 1 aromatic heterocycles. The van der Waals surface area contributed by atoms with Crippen molar-refractivity contribution in [2.75, 3.05) is 19.6 Å². The van der Waals surface area contributed by atoms with Gasteiger partial charge in [-0.25, -0.2) is 0 Å². The van der Waals surface area contributed by atoms with E-state index in [9.17, 15) is 0 Å². The summed E-state index contributed by atoms with van der Waals surface area (Å²) in [6.07, 6.45) is 4.70. The fraction of sp³-hybridized carbons (Fsp3) is 0.706. The number of rotatable bonds is 6. The van der Waals surface area contributed by atoms with Gasteiger partial charge in [0.15, 0.2) is 0 Å². The number of nitrogens with one attached hydrogen (secondary N) is 1. The Bertz CT molecular complexity index is 378. The molecule has 112 valence electrons. The summed E-state index contributed by atoms with van der Waals surface area (Å²) in [5.41, 5.74) is 2.47. The minimum Gasteiger partial charge on any atom is -0.313 e. The van der Waals surface area contributed by atoms with E-state index in [0.29, 0.717) is 0 Å². The smallest absolute Gasteiger partial charge is 0.0544 e. The lowest BCUT2D eigenvalue weighted by Gasteiger charge is -2.33. The van der Waals surface area contributed by atoms with Crippen molar-refractivity contribution < 1.29 is 0 Å². The van der Waals surface area contributed by atoms with Gasteiger partial charge < -0.3 is 5.32 Å². The first-order chi connectivity index (χ1) is 9.69. The molecule has 0 amide bonds. The first-order valence-electron chi connectivity index (χ1n) is 8.06. The van der Waals surface area contributed by atoms with Crippen LogP contribution in [-0.2, 0) is 13.1 Å². The number of hydrogen-bond acceptors (Lipinski definition) is 3. The van der Waals surface area contributed by atoms with E-state index in [2.05, 4.69) is 48.1 Å². The summed E-state index contributed by atoms with van der Waals surface area (Å²) in [4.78, 5) is 7.14. The molecule has 0 atom stereocenters. The van der Waals surface area contributed by atoms with Crippen LogP contribution in [0.25, 0.3) is 0 Å². The molecule has 3 nitrogen and oxygen atoms in total. The fourth-order valence-electron chi connectivity index (χ4n) is 2.93. The van der Waals surface area contributed by atoms with Gasteiger partial charge in [0.2, 0.25) is 0 Å². The van der Waals surface area contributed by atoms with Gasteiger partial charge in [-0.15, -0.1) is 0 Å². The van der Waals surface area contributed by atoms with Crippen molar-refractivity contribution in [3.63, 3.8) is 0 Å². The Balaban J connectivity index is 1.79. The number of piperidine rings is 1. The summed E-state index contributed by atoms with van der Waals surface area (Å²) in [7, 11) is 0. The second-order valence-electron chi connectivity index (χ2n) is 6.30. The van der Waals surface area contributed by atoms with Crippen LogP contribution < -0.4 is 5.32 Å². The quantitative estimate of drug-likeness (QED) is 0.865. The van der Waals surface area contributed by atoms with Crippen LogP contribution in [0.3, 0.4) is 0 Å². The predicted molar refractivity (Wildman–Crippen MR) is 84.5 cm³/mol.